The van der Waals surface area contributed by atoms with Gasteiger partial charge in [0, 0.05) is 13.6 Å². The van der Waals surface area contributed by atoms with Gasteiger partial charge >= 0.3 is 0 Å². The van der Waals surface area contributed by atoms with Crippen molar-refractivity contribution in [3.63, 3.8) is 0 Å². The van der Waals surface area contributed by atoms with Crippen LogP contribution in [0.25, 0.3) is 22.6 Å². The number of oxazole rings is 1. The van der Waals surface area contributed by atoms with Gasteiger partial charge in [-0.05, 0) is 52.9 Å². The highest BCUT2D eigenvalue weighted by Gasteiger charge is 2.11. The summed E-state index contributed by atoms with van der Waals surface area (Å²) in [5.41, 5.74) is 8.84. The molecule has 3 nitrogen and oxygen atoms in total. The maximum absolute atomic E-state index is 5.91. The van der Waals surface area contributed by atoms with Crippen LogP contribution in [0.15, 0.2) is 45.3 Å². The van der Waals surface area contributed by atoms with Gasteiger partial charge < -0.3 is 10.2 Å². The van der Waals surface area contributed by atoms with Crippen LogP contribution >= 0.6 is 38.5 Å². The Balaban J connectivity index is 2.22. The highest BCUT2D eigenvalue weighted by atomic mass is 127. The number of rotatable bonds is 1. The fourth-order valence-corrected chi connectivity index (χ4v) is 2.77. The quantitative estimate of drug-likeness (QED) is 0.473. The summed E-state index contributed by atoms with van der Waals surface area (Å²) in [6.45, 7) is 0. The lowest BCUT2D eigenvalue weighted by atomic mass is 10.2. The Morgan fingerprint density at radius 2 is 2.06 bits per heavy atom. The molecule has 0 fully saturated rings. The first-order valence-corrected chi connectivity index (χ1v) is 7.12. The Labute approximate surface area is 126 Å². The van der Waals surface area contributed by atoms with Crippen LogP contribution in [0.2, 0.25) is 0 Å². The number of halogens is 2. The molecule has 2 N–H and O–H groups in total. The first-order valence-electron chi connectivity index (χ1n) is 5.25. The summed E-state index contributed by atoms with van der Waals surface area (Å²) in [7, 11) is 0. The number of nitrogens with two attached hydrogens (primary N) is 1. The maximum Gasteiger partial charge on any atom is 0.227 e. The predicted octanol–water partition coefficient (Wildman–Crippen LogP) is 4.44. The molecule has 0 spiro atoms. The van der Waals surface area contributed by atoms with Crippen molar-refractivity contribution >= 4 is 55.3 Å². The molecule has 0 aliphatic carbocycles. The molecule has 0 amide bonds. The molecule has 0 aliphatic rings. The van der Waals surface area contributed by atoms with E-state index >= 15 is 0 Å². The minimum Gasteiger partial charge on any atom is -0.434 e. The van der Waals surface area contributed by atoms with Crippen molar-refractivity contribution in [3.8, 4) is 11.5 Å². The van der Waals surface area contributed by atoms with Gasteiger partial charge in [0.15, 0.2) is 5.58 Å². The largest absolute Gasteiger partial charge is 0.434 e. The van der Waals surface area contributed by atoms with Gasteiger partial charge in [-0.2, -0.15) is 0 Å². The molecule has 0 aliphatic heterocycles. The smallest absolute Gasteiger partial charge is 0.227 e. The van der Waals surface area contributed by atoms with Crippen molar-refractivity contribution in [2.24, 2.45) is 0 Å². The van der Waals surface area contributed by atoms with E-state index in [2.05, 4.69) is 43.5 Å². The second-order valence-corrected chi connectivity index (χ2v) is 6.03. The first-order chi connectivity index (χ1) is 8.63. The molecular weight excluding hydrogens is 407 g/mol. The van der Waals surface area contributed by atoms with Gasteiger partial charge in [0.1, 0.15) is 5.52 Å². The van der Waals surface area contributed by atoms with Crippen LogP contribution in [0, 0.1) is 3.57 Å². The van der Waals surface area contributed by atoms with Crippen LogP contribution in [0.1, 0.15) is 0 Å². The third-order valence-electron chi connectivity index (χ3n) is 2.56. The molecule has 1 aromatic heterocycles. The van der Waals surface area contributed by atoms with Gasteiger partial charge in [0.2, 0.25) is 5.89 Å². The molecule has 3 aromatic rings. The zero-order valence-electron chi connectivity index (χ0n) is 9.15. The predicted molar refractivity (Wildman–Crippen MR) is 84.3 cm³/mol. The number of nitrogen functional groups attached to an aromatic ring is 1. The lowest BCUT2D eigenvalue weighted by Gasteiger charge is -1.95. The Kier molecular flexibility index (Phi) is 3.03. The highest BCUT2D eigenvalue weighted by Crippen LogP contribution is 2.31. The highest BCUT2D eigenvalue weighted by molar-refractivity contribution is 14.1. The van der Waals surface area contributed by atoms with Gasteiger partial charge in [-0.25, -0.2) is 4.98 Å². The van der Waals surface area contributed by atoms with Crippen molar-refractivity contribution in [2.75, 3.05) is 5.73 Å². The molecule has 18 heavy (non-hydrogen) atoms. The van der Waals surface area contributed by atoms with Crippen LogP contribution in [0.3, 0.4) is 0 Å². The van der Waals surface area contributed by atoms with Crippen molar-refractivity contribution in [3.05, 3.63) is 44.4 Å². The normalized spacial score (nSPS) is 11.0. The van der Waals surface area contributed by atoms with Gasteiger partial charge in [0.05, 0.1) is 5.69 Å². The molecule has 0 atom stereocenters. The second-order valence-electron chi connectivity index (χ2n) is 3.87. The number of aromatic nitrogens is 1. The van der Waals surface area contributed by atoms with E-state index in [0.717, 1.165) is 19.1 Å². The Morgan fingerprint density at radius 3 is 2.83 bits per heavy atom. The van der Waals surface area contributed by atoms with Crippen LogP contribution in [-0.2, 0) is 0 Å². The fraction of sp³-hybridized carbons (Fsp3) is 0. The molecule has 0 saturated heterocycles. The van der Waals surface area contributed by atoms with E-state index in [0.29, 0.717) is 17.2 Å². The monoisotopic (exact) mass is 414 g/mol. The SMILES string of the molecule is Nc1cc(Br)cc2nc(-c3cccc(I)c3)oc12. The molecule has 0 unspecified atom stereocenters. The average molecular weight is 415 g/mol. The van der Waals surface area contributed by atoms with Gasteiger partial charge in [-0.3, -0.25) is 0 Å². The third kappa shape index (κ3) is 2.12. The molecule has 2 aromatic carbocycles. The van der Waals surface area contributed by atoms with E-state index in [9.17, 15) is 0 Å². The summed E-state index contributed by atoms with van der Waals surface area (Å²) < 4.78 is 7.77. The van der Waals surface area contributed by atoms with E-state index in [1.165, 1.54) is 0 Å². The van der Waals surface area contributed by atoms with Crippen LogP contribution in [0.5, 0.6) is 0 Å². The van der Waals surface area contributed by atoms with Crippen molar-refractivity contribution in [1.29, 1.82) is 0 Å². The molecule has 5 heteroatoms. The minimum atomic E-state index is 0.587. The van der Waals surface area contributed by atoms with Gasteiger partial charge in [-0.1, -0.05) is 22.0 Å². The summed E-state index contributed by atoms with van der Waals surface area (Å²) in [6.07, 6.45) is 0. The molecule has 1 heterocycles. The number of nitrogens with zero attached hydrogens (tertiary/aromatic N) is 1. The standard InChI is InChI=1S/C13H8BrIN2O/c14-8-5-10(16)12-11(6-8)17-13(18-12)7-2-1-3-9(15)4-7/h1-6H,16H2. The molecule has 0 bridgehead atoms. The Hall–Kier alpha value is -1.08. The van der Waals surface area contributed by atoms with E-state index < -0.39 is 0 Å². The number of hydrogen-bond donors (Lipinski definition) is 1. The molecule has 0 radical (unpaired) electrons. The van der Waals surface area contributed by atoms with E-state index in [1.54, 1.807) is 0 Å². The topological polar surface area (TPSA) is 52.0 Å². The lowest BCUT2D eigenvalue weighted by Crippen LogP contribution is -1.84. The summed E-state index contributed by atoms with van der Waals surface area (Å²) in [6, 6.07) is 11.7. The van der Waals surface area contributed by atoms with Gasteiger partial charge in [-0.15, -0.1) is 0 Å². The Morgan fingerprint density at radius 1 is 1.22 bits per heavy atom. The Bertz CT molecular complexity index is 739. The van der Waals surface area contributed by atoms with Crippen molar-refractivity contribution in [1.82, 2.24) is 4.98 Å². The maximum atomic E-state index is 5.91. The van der Waals surface area contributed by atoms with E-state index in [4.69, 9.17) is 10.2 Å². The number of anilines is 1. The second kappa shape index (κ2) is 4.55. The molecule has 0 saturated carbocycles. The van der Waals surface area contributed by atoms with Crippen molar-refractivity contribution < 1.29 is 4.42 Å². The van der Waals surface area contributed by atoms with E-state index in [1.807, 2.05) is 36.4 Å². The first kappa shape index (κ1) is 12.0. The third-order valence-corrected chi connectivity index (χ3v) is 3.68. The summed E-state index contributed by atoms with van der Waals surface area (Å²) in [5.74, 6) is 0.591. The van der Waals surface area contributed by atoms with Gasteiger partial charge in [0.25, 0.3) is 0 Å². The fourth-order valence-electron chi connectivity index (χ4n) is 1.77. The number of benzene rings is 2. The zero-order chi connectivity index (χ0) is 12.7. The summed E-state index contributed by atoms with van der Waals surface area (Å²) in [5, 5.41) is 0. The number of fused-ring (bicyclic) bond motifs is 1. The summed E-state index contributed by atoms with van der Waals surface area (Å²) in [4.78, 5) is 4.47. The number of hydrogen-bond acceptors (Lipinski definition) is 3. The minimum absolute atomic E-state index is 0.587. The lowest BCUT2D eigenvalue weighted by molar-refractivity contribution is 0.621. The zero-order valence-corrected chi connectivity index (χ0v) is 12.9. The van der Waals surface area contributed by atoms with Crippen LogP contribution in [0.4, 0.5) is 5.69 Å². The van der Waals surface area contributed by atoms with Crippen LogP contribution < -0.4 is 5.73 Å². The van der Waals surface area contributed by atoms with Crippen LogP contribution in [-0.4, -0.2) is 4.98 Å². The molecule has 3 rings (SSSR count). The molecule has 90 valence electrons. The average Bonchev–Trinajstić information content (AvgIpc) is 2.73. The van der Waals surface area contributed by atoms with Crippen molar-refractivity contribution in [2.45, 2.75) is 0 Å². The summed E-state index contributed by atoms with van der Waals surface area (Å²) >= 11 is 5.66. The molecular formula is C13H8BrIN2O. The van der Waals surface area contributed by atoms with E-state index in [-0.39, 0.29) is 0 Å².